The Kier molecular flexibility index (Phi) is 9.85. The molecule has 2 fully saturated rings. The summed E-state index contributed by atoms with van der Waals surface area (Å²) in [6.45, 7) is 7.66. The highest BCUT2D eigenvalue weighted by molar-refractivity contribution is 14.0. The second-order valence-electron chi connectivity index (χ2n) is 6.17. The summed E-state index contributed by atoms with van der Waals surface area (Å²) in [5.41, 5.74) is 0. The first kappa shape index (κ1) is 20.5. The molecular weight excluding hydrogens is 407 g/mol. The van der Waals surface area contributed by atoms with Crippen LogP contribution in [0, 0.1) is 5.92 Å². The van der Waals surface area contributed by atoms with Crippen LogP contribution >= 0.6 is 24.0 Å². The van der Waals surface area contributed by atoms with Gasteiger partial charge in [-0.3, -0.25) is 4.79 Å². The van der Waals surface area contributed by atoms with E-state index in [0.717, 1.165) is 64.6 Å². The van der Waals surface area contributed by atoms with Gasteiger partial charge in [-0.1, -0.05) is 0 Å². The van der Waals surface area contributed by atoms with Gasteiger partial charge < -0.3 is 19.9 Å². The molecule has 2 saturated heterocycles. The first-order valence-corrected chi connectivity index (χ1v) is 8.54. The molecule has 0 bridgehead atoms. The standard InChI is InChI=1S/C16H30N4O2.HI/c1-3-17-16(20-10-7-14(12-20)13-22-2)18-11-15(21)19-8-5-4-6-9-19;/h14H,3-13H2,1-2H3,(H,17,18);1H. The highest BCUT2D eigenvalue weighted by Crippen LogP contribution is 2.16. The van der Waals surface area contributed by atoms with Crippen LogP contribution in [-0.4, -0.2) is 74.7 Å². The molecule has 7 heteroatoms. The van der Waals surface area contributed by atoms with Crippen LogP contribution in [0.5, 0.6) is 0 Å². The van der Waals surface area contributed by atoms with Gasteiger partial charge in [0.1, 0.15) is 6.54 Å². The van der Waals surface area contributed by atoms with E-state index in [-0.39, 0.29) is 36.4 Å². The Morgan fingerprint density at radius 2 is 1.96 bits per heavy atom. The Hall–Kier alpha value is -0.570. The SMILES string of the molecule is CCNC(=NCC(=O)N1CCCCC1)N1CCC(COC)C1.I. The number of carbonyl (C=O) groups is 1. The van der Waals surface area contributed by atoms with E-state index in [0.29, 0.717) is 5.92 Å². The molecule has 0 aromatic heterocycles. The average molecular weight is 438 g/mol. The number of methoxy groups -OCH3 is 1. The molecule has 1 unspecified atom stereocenters. The highest BCUT2D eigenvalue weighted by atomic mass is 127. The predicted octanol–water partition coefficient (Wildman–Crippen LogP) is 1.55. The summed E-state index contributed by atoms with van der Waals surface area (Å²) < 4.78 is 5.24. The lowest BCUT2D eigenvalue weighted by Gasteiger charge is -2.26. The first-order valence-electron chi connectivity index (χ1n) is 8.54. The van der Waals surface area contributed by atoms with E-state index in [4.69, 9.17) is 4.74 Å². The molecule has 0 saturated carbocycles. The zero-order valence-electron chi connectivity index (χ0n) is 14.4. The second kappa shape index (κ2) is 11.1. The van der Waals surface area contributed by atoms with Crippen LogP contribution < -0.4 is 5.32 Å². The van der Waals surface area contributed by atoms with E-state index in [2.05, 4.69) is 22.1 Å². The van der Waals surface area contributed by atoms with Crippen molar-refractivity contribution in [3.63, 3.8) is 0 Å². The molecule has 0 radical (unpaired) electrons. The minimum Gasteiger partial charge on any atom is -0.384 e. The number of halogens is 1. The van der Waals surface area contributed by atoms with Gasteiger partial charge in [-0.25, -0.2) is 4.99 Å². The third-order valence-corrected chi connectivity index (χ3v) is 4.40. The lowest BCUT2D eigenvalue weighted by molar-refractivity contribution is -0.130. The molecule has 1 N–H and O–H groups in total. The van der Waals surface area contributed by atoms with Gasteiger partial charge in [-0.05, 0) is 32.6 Å². The van der Waals surface area contributed by atoms with Gasteiger partial charge in [0.15, 0.2) is 5.96 Å². The van der Waals surface area contributed by atoms with Gasteiger partial charge in [-0.2, -0.15) is 0 Å². The van der Waals surface area contributed by atoms with Crippen molar-refractivity contribution in [1.29, 1.82) is 0 Å². The van der Waals surface area contributed by atoms with Crippen molar-refractivity contribution in [1.82, 2.24) is 15.1 Å². The summed E-state index contributed by atoms with van der Waals surface area (Å²) in [4.78, 5) is 21.0. The lowest BCUT2D eigenvalue weighted by Crippen LogP contribution is -2.42. The van der Waals surface area contributed by atoms with Crippen molar-refractivity contribution >= 4 is 35.8 Å². The fourth-order valence-corrected chi connectivity index (χ4v) is 3.21. The summed E-state index contributed by atoms with van der Waals surface area (Å²) in [5, 5.41) is 3.31. The molecule has 2 aliphatic rings. The molecule has 0 aliphatic carbocycles. The first-order chi connectivity index (χ1) is 10.7. The van der Waals surface area contributed by atoms with Crippen LogP contribution in [0.4, 0.5) is 0 Å². The number of nitrogens with zero attached hydrogens (tertiary/aromatic N) is 3. The molecule has 1 atom stereocenters. The number of guanidine groups is 1. The predicted molar refractivity (Wildman–Crippen MR) is 103 cm³/mol. The Morgan fingerprint density at radius 3 is 2.61 bits per heavy atom. The maximum Gasteiger partial charge on any atom is 0.244 e. The summed E-state index contributed by atoms with van der Waals surface area (Å²) in [7, 11) is 1.75. The van der Waals surface area contributed by atoms with Crippen molar-refractivity contribution in [2.75, 3.05) is 53.0 Å². The third-order valence-electron chi connectivity index (χ3n) is 4.40. The van der Waals surface area contributed by atoms with Crippen LogP contribution in [0.2, 0.25) is 0 Å². The summed E-state index contributed by atoms with van der Waals surface area (Å²) in [6.07, 6.45) is 4.61. The van der Waals surface area contributed by atoms with Gasteiger partial charge in [0, 0.05) is 45.8 Å². The van der Waals surface area contributed by atoms with Gasteiger partial charge in [0.25, 0.3) is 0 Å². The summed E-state index contributed by atoms with van der Waals surface area (Å²) in [5.74, 6) is 1.58. The maximum atomic E-state index is 12.2. The van der Waals surface area contributed by atoms with Crippen molar-refractivity contribution in [2.45, 2.75) is 32.6 Å². The van der Waals surface area contributed by atoms with Crippen LogP contribution in [0.25, 0.3) is 0 Å². The molecule has 6 nitrogen and oxygen atoms in total. The van der Waals surface area contributed by atoms with Crippen molar-refractivity contribution < 1.29 is 9.53 Å². The maximum absolute atomic E-state index is 12.2. The van der Waals surface area contributed by atoms with Crippen molar-refractivity contribution in [3.8, 4) is 0 Å². The number of carbonyl (C=O) groups excluding carboxylic acids is 1. The molecule has 23 heavy (non-hydrogen) atoms. The number of aliphatic imine (C=N–C) groups is 1. The van der Waals surface area contributed by atoms with E-state index in [1.54, 1.807) is 7.11 Å². The number of likely N-dealkylation sites (tertiary alicyclic amines) is 2. The molecular formula is C16H31IN4O2. The number of piperidine rings is 1. The van der Waals surface area contributed by atoms with Gasteiger partial charge in [0.2, 0.25) is 5.91 Å². The Bertz CT molecular complexity index is 386. The molecule has 0 spiro atoms. The van der Waals surface area contributed by atoms with Gasteiger partial charge in [-0.15, -0.1) is 24.0 Å². The van der Waals surface area contributed by atoms with Gasteiger partial charge in [0.05, 0.1) is 6.61 Å². The molecule has 0 aromatic rings. The second-order valence-corrected chi connectivity index (χ2v) is 6.17. The number of hydrogen-bond acceptors (Lipinski definition) is 3. The monoisotopic (exact) mass is 438 g/mol. The molecule has 2 rings (SSSR count). The topological polar surface area (TPSA) is 57.2 Å². The van der Waals surface area contributed by atoms with E-state index < -0.39 is 0 Å². The van der Waals surface area contributed by atoms with Crippen LogP contribution in [0.15, 0.2) is 4.99 Å². The molecule has 1 amide bonds. The van der Waals surface area contributed by atoms with Crippen LogP contribution in [-0.2, 0) is 9.53 Å². The van der Waals surface area contributed by atoms with E-state index in [1.165, 1.54) is 6.42 Å². The van der Waals surface area contributed by atoms with E-state index in [1.807, 2.05) is 4.90 Å². The van der Waals surface area contributed by atoms with Crippen LogP contribution in [0.3, 0.4) is 0 Å². The average Bonchev–Trinajstić information content (AvgIpc) is 3.01. The molecule has 2 heterocycles. The molecule has 2 aliphatic heterocycles. The zero-order valence-corrected chi connectivity index (χ0v) is 16.8. The van der Waals surface area contributed by atoms with E-state index >= 15 is 0 Å². The van der Waals surface area contributed by atoms with Gasteiger partial charge >= 0.3 is 0 Å². The number of rotatable bonds is 5. The number of nitrogens with one attached hydrogen (secondary N) is 1. The van der Waals surface area contributed by atoms with Crippen molar-refractivity contribution in [2.24, 2.45) is 10.9 Å². The largest absolute Gasteiger partial charge is 0.384 e. The Labute approximate surface area is 157 Å². The molecule has 134 valence electrons. The summed E-state index contributed by atoms with van der Waals surface area (Å²) >= 11 is 0. The number of amides is 1. The summed E-state index contributed by atoms with van der Waals surface area (Å²) in [6, 6.07) is 0. The number of ether oxygens (including phenoxy) is 1. The smallest absolute Gasteiger partial charge is 0.244 e. The van der Waals surface area contributed by atoms with Crippen LogP contribution in [0.1, 0.15) is 32.6 Å². The quantitative estimate of drug-likeness (QED) is 0.402. The van der Waals surface area contributed by atoms with Crippen molar-refractivity contribution in [3.05, 3.63) is 0 Å². The fourth-order valence-electron chi connectivity index (χ4n) is 3.21. The third kappa shape index (κ3) is 6.45. The highest BCUT2D eigenvalue weighted by Gasteiger charge is 2.25. The molecule has 0 aromatic carbocycles. The Morgan fingerprint density at radius 1 is 1.22 bits per heavy atom. The zero-order chi connectivity index (χ0) is 15.8. The minimum absolute atomic E-state index is 0. The fraction of sp³-hybridized carbons (Fsp3) is 0.875. The Balaban J connectivity index is 0.00000264. The minimum atomic E-state index is 0. The van der Waals surface area contributed by atoms with E-state index in [9.17, 15) is 4.79 Å². The lowest BCUT2D eigenvalue weighted by atomic mass is 10.1. The normalized spacial score (nSPS) is 22.0. The number of hydrogen-bond donors (Lipinski definition) is 1.